The molecule has 36 heavy (non-hydrogen) atoms. The number of likely N-dealkylation sites (tertiary alicyclic amines) is 1. The van der Waals surface area contributed by atoms with Crippen LogP contribution in [0.4, 0.5) is 0 Å². The summed E-state index contributed by atoms with van der Waals surface area (Å²) in [5.74, 6) is 1.16. The average molecular weight is 508 g/mol. The summed E-state index contributed by atoms with van der Waals surface area (Å²) in [6, 6.07) is 13.1. The topological polar surface area (TPSA) is 54.0 Å². The molecule has 0 aliphatic carbocycles. The molecular formula is C29H37N3O3S. The number of thioether (sulfide) groups is 1. The molecule has 2 saturated heterocycles. The van der Waals surface area contributed by atoms with Gasteiger partial charge in [-0.2, -0.15) is 0 Å². The average Bonchev–Trinajstić information content (AvgIpc) is 3.40. The number of nitrogens with zero attached hydrogens (tertiary/aromatic N) is 2. The minimum Gasteiger partial charge on any atom is -0.488 e. The molecule has 2 fully saturated rings. The van der Waals surface area contributed by atoms with Crippen LogP contribution in [0, 0.1) is 19.8 Å². The van der Waals surface area contributed by atoms with Gasteiger partial charge in [-0.05, 0) is 60.4 Å². The number of benzene rings is 2. The van der Waals surface area contributed by atoms with Gasteiger partial charge in [0.2, 0.25) is 0 Å². The molecule has 6 nitrogen and oxygen atoms in total. The molecule has 3 aliphatic heterocycles. The number of morpholine rings is 1. The number of carbonyl (C=O) groups excluding carboxylic acids is 1. The molecule has 2 aromatic carbocycles. The predicted octanol–water partition coefficient (Wildman–Crippen LogP) is 4.54. The van der Waals surface area contributed by atoms with E-state index < -0.39 is 0 Å². The largest absolute Gasteiger partial charge is 0.488 e. The van der Waals surface area contributed by atoms with Crippen molar-refractivity contribution < 1.29 is 14.3 Å². The minimum absolute atomic E-state index is 0.210. The highest BCUT2D eigenvalue weighted by atomic mass is 32.2. The van der Waals surface area contributed by atoms with Gasteiger partial charge in [-0.15, -0.1) is 0 Å². The molecule has 2 aromatic rings. The summed E-state index contributed by atoms with van der Waals surface area (Å²) < 4.78 is 12.0. The zero-order valence-corrected chi connectivity index (χ0v) is 22.2. The Balaban J connectivity index is 1.22. The van der Waals surface area contributed by atoms with E-state index in [9.17, 15) is 4.79 Å². The number of aryl methyl sites for hydroxylation is 2. The molecule has 0 aromatic heterocycles. The van der Waals surface area contributed by atoms with Crippen LogP contribution >= 0.6 is 11.8 Å². The fourth-order valence-electron chi connectivity index (χ4n) is 5.18. The maximum Gasteiger partial charge on any atom is 0.132 e. The number of para-hydroxylation sites is 1. The summed E-state index contributed by atoms with van der Waals surface area (Å²) >= 11 is 1.80. The minimum atomic E-state index is 0.210. The first-order chi connectivity index (χ1) is 17.6. The van der Waals surface area contributed by atoms with Crippen molar-refractivity contribution in [1.82, 2.24) is 15.1 Å². The molecule has 1 atom stereocenters. The Labute approximate surface area is 219 Å². The van der Waals surface area contributed by atoms with E-state index in [1.807, 2.05) is 0 Å². The van der Waals surface area contributed by atoms with Crippen LogP contribution in [0.25, 0.3) is 5.70 Å². The van der Waals surface area contributed by atoms with Gasteiger partial charge in [-0.25, -0.2) is 0 Å². The fourth-order valence-corrected chi connectivity index (χ4v) is 6.22. The van der Waals surface area contributed by atoms with E-state index in [-0.39, 0.29) is 11.4 Å². The normalized spacial score (nSPS) is 21.7. The molecule has 192 valence electrons. The molecule has 3 aliphatic rings. The molecule has 0 spiro atoms. The van der Waals surface area contributed by atoms with E-state index in [2.05, 4.69) is 70.8 Å². The highest BCUT2D eigenvalue weighted by molar-refractivity contribution is 8.03. The number of hydrogen-bond acceptors (Lipinski definition) is 7. The second-order valence-corrected chi connectivity index (χ2v) is 11.0. The van der Waals surface area contributed by atoms with Crippen LogP contribution in [0.15, 0.2) is 41.8 Å². The molecule has 1 N–H and O–H groups in total. The first-order valence-electron chi connectivity index (χ1n) is 13.0. The Bertz CT molecular complexity index is 1090. The van der Waals surface area contributed by atoms with Gasteiger partial charge in [0.25, 0.3) is 0 Å². The number of carbonyl (C=O) groups is 1. The number of nitrogens with one attached hydrogen (secondary N) is 1. The molecule has 0 saturated carbocycles. The van der Waals surface area contributed by atoms with Crippen molar-refractivity contribution in [2.24, 2.45) is 5.92 Å². The summed E-state index contributed by atoms with van der Waals surface area (Å²) in [5, 5.41) is 5.91. The van der Waals surface area contributed by atoms with E-state index in [1.54, 1.807) is 11.8 Å². The van der Waals surface area contributed by atoms with E-state index in [0.717, 1.165) is 87.6 Å². The van der Waals surface area contributed by atoms with Crippen molar-refractivity contribution >= 4 is 23.7 Å². The number of aldehydes is 1. The molecule has 1 unspecified atom stereocenters. The third-order valence-electron chi connectivity index (χ3n) is 7.48. The van der Waals surface area contributed by atoms with Crippen molar-refractivity contribution in [3.8, 4) is 5.75 Å². The van der Waals surface area contributed by atoms with Crippen molar-refractivity contribution in [3.05, 3.63) is 69.6 Å². The van der Waals surface area contributed by atoms with Crippen LogP contribution < -0.4 is 10.1 Å². The Kier molecular flexibility index (Phi) is 8.32. The van der Waals surface area contributed by atoms with Crippen LogP contribution in [0.1, 0.15) is 40.7 Å². The fraction of sp³-hybridized carbons (Fsp3) is 0.483. The molecule has 7 heteroatoms. The second-order valence-electron chi connectivity index (χ2n) is 10.1. The predicted molar refractivity (Wildman–Crippen MR) is 146 cm³/mol. The summed E-state index contributed by atoms with van der Waals surface area (Å²) in [6.45, 7) is 11.4. The maximum absolute atomic E-state index is 11.1. The van der Waals surface area contributed by atoms with E-state index in [1.165, 1.54) is 16.7 Å². The Morgan fingerprint density at radius 1 is 1.08 bits per heavy atom. The van der Waals surface area contributed by atoms with Gasteiger partial charge in [0.15, 0.2) is 0 Å². The molecule has 5 rings (SSSR count). The smallest absolute Gasteiger partial charge is 0.132 e. The van der Waals surface area contributed by atoms with Gasteiger partial charge in [0, 0.05) is 44.2 Å². The molecule has 0 radical (unpaired) electrons. The monoisotopic (exact) mass is 507 g/mol. The van der Waals surface area contributed by atoms with Gasteiger partial charge in [-0.1, -0.05) is 42.1 Å². The standard InChI is InChI=1S/C29H37N3O3S/c1-21-4-3-5-26(27-20-36-29(30-27)32-10-8-23(18-33)9-11-32)28(21)35-19-25-7-6-24(16-22(25)2)17-31-12-14-34-15-13-31/h3-7,16,18,20,23,29-30H,8-15,17,19H2,1-2H3. The van der Waals surface area contributed by atoms with Crippen molar-refractivity contribution in [2.45, 2.75) is 45.3 Å². The Morgan fingerprint density at radius 2 is 1.89 bits per heavy atom. The van der Waals surface area contributed by atoms with Gasteiger partial charge in [0.1, 0.15) is 24.1 Å². The van der Waals surface area contributed by atoms with Crippen LogP contribution in [0.2, 0.25) is 0 Å². The lowest BCUT2D eigenvalue weighted by Crippen LogP contribution is -2.45. The number of hydrogen-bond donors (Lipinski definition) is 1. The first-order valence-corrected chi connectivity index (χ1v) is 14.0. The van der Waals surface area contributed by atoms with Crippen LogP contribution in [-0.4, -0.2) is 61.0 Å². The zero-order valence-electron chi connectivity index (χ0n) is 21.4. The van der Waals surface area contributed by atoms with E-state index in [0.29, 0.717) is 6.61 Å². The van der Waals surface area contributed by atoms with Crippen molar-refractivity contribution in [2.75, 3.05) is 39.4 Å². The van der Waals surface area contributed by atoms with E-state index >= 15 is 0 Å². The Hall–Kier alpha value is -2.32. The number of piperidine rings is 1. The summed E-state index contributed by atoms with van der Waals surface area (Å²) in [7, 11) is 0. The summed E-state index contributed by atoms with van der Waals surface area (Å²) in [6.07, 6.45) is 3.01. The Morgan fingerprint density at radius 3 is 2.64 bits per heavy atom. The maximum atomic E-state index is 11.1. The molecule has 3 heterocycles. The van der Waals surface area contributed by atoms with Gasteiger partial charge < -0.3 is 19.6 Å². The summed E-state index contributed by atoms with van der Waals surface area (Å²) in [5.41, 5.74) is 7.39. The lowest BCUT2D eigenvalue weighted by Gasteiger charge is -2.34. The van der Waals surface area contributed by atoms with E-state index in [4.69, 9.17) is 9.47 Å². The third-order valence-corrected chi connectivity index (χ3v) is 8.53. The van der Waals surface area contributed by atoms with Crippen molar-refractivity contribution in [1.29, 1.82) is 0 Å². The first kappa shape index (κ1) is 25.3. The zero-order chi connectivity index (χ0) is 24.9. The van der Waals surface area contributed by atoms with Crippen LogP contribution in [-0.2, 0) is 22.7 Å². The quantitative estimate of drug-likeness (QED) is 0.527. The summed E-state index contributed by atoms with van der Waals surface area (Å²) in [4.78, 5) is 16.0. The lowest BCUT2D eigenvalue weighted by atomic mass is 9.99. The lowest BCUT2D eigenvalue weighted by molar-refractivity contribution is -0.112. The molecular weight excluding hydrogens is 470 g/mol. The second kappa shape index (κ2) is 11.8. The number of rotatable bonds is 8. The molecule has 0 bridgehead atoms. The third kappa shape index (κ3) is 5.97. The number of ether oxygens (including phenoxy) is 2. The van der Waals surface area contributed by atoms with Gasteiger partial charge in [0.05, 0.1) is 18.9 Å². The van der Waals surface area contributed by atoms with Crippen LogP contribution in [0.5, 0.6) is 5.75 Å². The van der Waals surface area contributed by atoms with Crippen LogP contribution in [0.3, 0.4) is 0 Å². The molecule has 0 amide bonds. The van der Waals surface area contributed by atoms with Gasteiger partial charge in [-0.3, -0.25) is 9.80 Å². The van der Waals surface area contributed by atoms with Gasteiger partial charge >= 0.3 is 0 Å². The highest BCUT2D eigenvalue weighted by Crippen LogP contribution is 2.36. The SMILES string of the molecule is Cc1cc(CN2CCOCC2)ccc1COc1c(C)cccc1C1=CSC(N2CCC(C=O)CC2)N1. The van der Waals surface area contributed by atoms with Crippen molar-refractivity contribution in [3.63, 3.8) is 0 Å². The highest BCUT2D eigenvalue weighted by Gasteiger charge is 2.29.